The van der Waals surface area contributed by atoms with E-state index in [2.05, 4.69) is 4.98 Å². The number of fused-ring (bicyclic) bond motifs is 3. The zero-order valence-corrected chi connectivity index (χ0v) is 16.4. The van der Waals surface area contributed by atoms with Crippen molar-refractivity contribution >= 4 is 39.1 Å². The number of hydrogen-bond acceptors (Lipinski definition) is 6. The number of ketones is 1. The summed E-state index contributed by atoms with van der Waals surface area (Å²) in [5.41, 5.74) is 1.98. The second kappa shape index (κ2) is 6.87. The van der Waals surface area contributed by atoms with E-state index in [-0.39, 0.29) is 23.1 Å². The van der Waals surface area contributed by atoms with Crippen LogP contribution in [0.3, 0.4) is 0 Å². The monoisotopic (exact) mass is 397 g/mol. The van der Waals surface area contributed by atoms with E-state index in [4.69, 9.17) is 4.98 Å². The molecule has 2 aliphatic carbocycles. The summed E-state index contributed by atoms with van der Waals surface area (Å²) in [5.74, 6) is 0.310. The molecule has 0 unspecified atom stereocenters. The van der Waals surface area contributed by atoms with E-state index in [0.29, 0.717) is 10.7 Å². The van der Waals surface area contributed by atoms with Gasteiger partial charge in [-0.15, -0.1) is 11.3 Å². The van der Waals surface area contributed by atoms with Crippen LogP contribution < -0.4 is 5.56 Å². The smallest absolute Gasteiger partial charge is 0.263 e. The van der Waals surface area contributed by atoms with E-state index in [1.165, 1.54) is 28.6 Å². The van der Waals surface area contributed by atoms with Crippen LogP contribution in [0.2, 0.25) is 0 Å². The quantitative estimate of drug-likeness (QED) is 0.369. The summed E-state index contributed by atoms with van der Waals surface area (Å²) < 4.78 is 1.86. The number of thioether (sulfide) groups is 1. The van der Waals surface area contributed by atoms with Gasteiger partial charge < -0.3 is 0 Å². The SMILES string of the molecule is O=C(CSc1nc2sc3c(c2c(=O)n1C1CC1)CCCC3)c1ccncc1. The van der Waals surface area contributed by atoms with Gasteiger partial charge in [-0.3, -0.25) is 19.1 Å². The summed E-state index contributed by atoms with van der Waals surface area (Å²) in [6.45, 7) is 0. The molecule has 0 radical (unpaired) electrons. The fourth-order valence-corrected chi connectivity index (χ4v) is 5.97. The minimum atomic E-state index is 0.0320. The number of pyridine rings is 1. The van der Waals surface area contributed by atoms with Gasteiger partial charge in [-0.2, -0.15) is 0 Å². The fraction of sp³-hybridized carbons (Fsp3) is 0.400. The molecule has 7 heteroatoms. The number of carbonyl (C=O) groups excluding carboxylic acids is 1. The average Bonchev–Trinajstić information content (AvgIpc) is 3.46. The van der Waals surface area contributed by atoms with Crippen molar-refractivity contribution in [3.8, 4) is 0 Å². The Morgan fingerprint density at radius 1 is 1.22 bits per heavy atom. The molecule has 2 aliphatic rings. The lowest BCUT2D eigenvalue weighted by Gasteiger charge is -2.12. The molecule has 0 aromatic carbocycles. The van der Waals surface area contributed by atoms with E-state index in [1.807, 2.05) is 4.57 Å². The maximum absolute atomic E-state index is 13.3. The highest BCUT2D eigenvalue weighted by molar-refractivity contribution is 7.99. The van der Waals surface area contributed by atoms with Crippen LogP contribution in [-0.4, -0.2) is 26.1 Å². The van der Waals surface area contributed by atoms with E-state index in [1.54, 1.807) is 35.9 Å². The number of rotatable bonds is 5. The number of aryl methyl sites for hydroxylation is 2. The maximum atomic E-state index is 13.3. The second-order valence-electron chi connectivity index (χ2n) is 7.14. The molecule has 1 fully saturated rings. The maximum Gasteiger partial charge on any atom is 0.263 e. The van der Waals surface area contributed by atoms with Crippen LogP contribution in [0.4, 0.5) is 0 Å². The summed E-state index contributed by atoms with van der Waals surface area (Å²) in [4.78, 5) is 36.7. The van der Waals surface area contributed by atoms with Crippen molar-refractivity contribution in [1.29, 1.82) is 0 Å². The molecule has 0 saturated heterocycles. The van der Waals surface area contributed by atoms with Crippen LogP contribution in [0.5, 0.6) is 0 Å². The van der Waals surface area contributed by atoms with E-state index >= 15 is 0 Å². The molecule has 138 valence electrons. The first-order chi connectivity index (χ1) is 13.2. The molecule has 0 aliphatic heterocycles. The van der Waals surface area contributed by atoms with E-state index in [9.17, 15) is 9.59 Å². The van der Waals surface area contributed by atoms with Crippen LogP contribution in [0, 0.1) is 0 Å². The van der Waals surface area contributed by atoms with Crippen LogP contribution in [0.1, 0.15) is 52.5 Å². The molecule has 0 N–H and O–H groups in total. The zero-order chi connectivity index (χ0) is 18.4. The molecule has 0 amide bonds. The Bertz CT molecular complexity index is 1080. The third-order valence-electron chi connectivity index (χ3n) is 5.24. The van der Waals surface area contributed by atoms with Gasteiger partial charge in [0.1, 0.15) is 4.83 Å². The lowest BCUT2D eigenvalue weighted by Crippen LogP contribution is -2.23. The molecular weight excluding hydrogens is 378 g/mol. The number of nitrogens with zero attached hydrogens (tertiary/aromatic N) is 3. The summed E-state index contributed by atoms with van der Waals surface area (Å²) in [6.07, 6.45) is 9.68. The number of thiophene rings is 1. The average molecular weight is 398 g/mol. The fourth-order valence-electron chi connectivity index (χ4n) is 3.71. The molecule has 0 bridgehead atoms. The third-order valence-corrected chi connectivity index (χ3v) is 7.37. The molecule has 3 heterocycles. The lowest BCUT2D eigenvalue weighted by molar-refractivity contribution is 0.102. The Labute approximate surface area is 164 Å². The van der Waals surface area contributed by atoms with Crippen LogP contribution in [0.15, 0.2) is 34.5 Å². The Hall–Kier alpha value is -1.99. The van der Waals surface area contributed by atoms with Gasteiger partial charge in [0.15, 0.2) is 10.9 Å². The highest BCUT2D eigenvalue weighted by Gasteiger charge is 2.31. The van der Waals surface area contributed by atoms with Crippen molar-refractivity contribution in [3.63, 3.8) is 0 Å². The summed E-state index contributed by atoms with van der Waals surface area (Å²) in [6, 6.07) is 3.69. The normalized spacial score (nSPS) is 16.4. The van der Waals surface area contributed by atoms with Crippen molar-refractivity contribution in [2.24, 2.45) is 0 Å². The predicted molar refractivity (Wildman–Crippen MR) is 108 cm³/mol. The van der Waals surface area contributed by atoms with Crippen LogP contribution in [-0.2, 0) is 12.8 Å². The molecule has 5 nitrogen and oxygen atoms in total. The topological polar surface area (TPSA) is 64.8 Å². The Balaban J connectivity index is 1.53. The molecule has 0 atom stereocenters. The molecular formula is C20H19N3O2S2. The lowest BCUT2D eigenvalue weighted by atomic mass is 9.97. The third kappa shape index (κ3) is 3.12. The first-order valence-electron chi connectivity index (χ1n) is 9.35. The second-order valence-corrected chi connectivity index (χ2v) is 9.17. The number of aromatic nitrogens is 3. The van der Waals surface area contributed by atoms with Crippen LogP contribution in [0.25, 0.3) is 10.2 Å². The van der Waals surface area contributed by atoms with Crippen molar-refractivity contribution in [3.05, 3.63) is 50.9 Å². The van der Waals surface area contributed by atoms with Gasteiger partial charge in [0.2, 0.25) is 0 Å². The summed E-state index contributed by atoms with van der Waals surface area (Å²) in [7, 11) is 0. The highest BCUT2D eigenvalue weighted by atomic mass is 32.2. The largest absolute Gasteiger partial charge is 0.293 e. The molecule has 3 aromatic rings. The minimum Gasteiger partial charge on any atom is -0.293 e. The predicted octanol–water partition coefficient (Wildman–Crippen LogP) is 4.04. The highest BCUT2D eigenvalue weighted by Crippen LogP contribution is 2.39. The van der Waals surface area contributed by atoms with Crippen molar-refractivity contribution in [1.82, 2.24) is 14.5 Å². The first-order valence-corrected chi connectivity index (χ1v) is 11.2. The molecule has 1 saturated carbocycles. The Kier molecular flexibility index (Phi) is 4.36. The van der Waals surface area contributed by atoms with Crippen molar-refractivity contribution in [2.75, 3.05) is 5.75 Å². The van der Waals surface area contributed by atoms with Crippen LogP contribution >= 0.6 is 23.1 Å². The van der Waals surface area contributed by atoms with E-state index < -0.39 is 0 Å². The number of hydrogen-bond donors (Lipinski definition) is 0. The van der Waals surface area contributed by atoms with Gasteiger partial charge >= 0.3 is 0 Å². The van der Waals surface area contributed by atoms with Gasteiger partial charge in [0.25, 0.3) is 5.56 Å². The standard InChI is InChI=1S/C20H19N3O2S2/c24-15(12-7-9-21-10-8-12)11-26-20-22-18-17(19(25)23(20)13-5-6-13)14-3-1-2-4-16(14)27-18/h7-10,13H,1-6,11H2. The van der Waals surface area contributed by atoms with Crippen molar-refractivity contribution < 1.29 is 4.79 Å². The first kappa shape index (κ1) is 17.1. The van der Waals surface area contributed by atoms with Gasteiger partial charge in [-0.25, -0.2) is 4.98 Å². The summed E-state index contributed by atoms with van der Waals surface area (Å²) >= 11 is 3.05. The molecule has 3 aromatic heterocycles. The van der Waals surface area contributed by atoms with Gasteiger partial charge in [0.05, 0.1) is 11.1 Å². The molecule has 5 rings (SSSR count). The van der Waals surface area contributed by atoms with Gasteiger partial charge in [-0.1, -0.05) is 11.8 Å². The van der Waals surface area contributed by atoms with E-state index in [0.717, 1.165) is 42.3 Å². The number of Topliss-reactive ketones (excluding diaryl/α,β-unsaturated/α-hetero) is 1. The minimum absolute atomic E-state index is 0.0320. The van der Waals surface area contributed by atoms with Gasteiger partial charge in [0, 0.05) is 28.9 Å². The Morgan fingerprint density at radius 2 is 2.00 bits per heavy atom. The van der Waals surface area contributed by atoms with Gasteiger partial charge in [-0.05, 0) is 56.2 Å². The van der Waals surface area contributed by atoms with Crippen molar-refractivity contribution in [2.45, 2.75) is 49.7 Å². The summed E-state index contributed by atoms with van der Waals surface area (Å²) in [5, 5.41) is 1.53. The molecule has 27 heavy (non-hydrogen) atoms. The number of carbonyl (C=O) groups is 1. The Morgan fingerprint density at radius 3 is 2.78 bits per heavy atom. The zero-order valence-electron chi connectivity index (χ0n) is 14.8. The molecule has 0 spiro atoms.